The Morgan fingerprint density at radius 2 is 2.33 bits per heavy atom. The van der Waals surface area contributed by atoms with Crippen molar-refractivity contribution in [2.45, 2.75) is 12.5 Å². The number of ether oxygens (including phenoxy) is 1. The van der Waals surface area contributed by atoms with E-state index in [1.165, 1.54) is 0 Å². The Morgan fingerprint density at radius 1 is 1.67 bits per heavy atom. The monoisotopic (exact) mass is 128 g/mol. The molecule has 1 fully saturated rings. The first-order chi connectivity index (χ1) is 4.29. The fraction of sp³-hybridized carbons (Fsp3) is 0.857. The highest BCUT2D eigenvalue weighted by atomic mass is 16.5. The van der Waals surface area contributed by atoms with E-state index in [-0.39, 0.29) is 0 Å². The van der Waals surface area contributed by atoms with E-state index >= 15 is 0 Å². The van der Waals surface area contributed by atoms with Gasteiger partial charge in [-0.05, 0) is 27.1 Å². The van der Waals surface area contributed by atoms with Crippen molar-refractivity contribution < 1.29 is 4.74 Å². The van der Waals surface area contributed by atoms with Gasteiger partial charge in [-0.1, -0.05) is 0 Å². The maximum atomic E-state index is 5.20. The van der Waals surface area contributed by atoms with Crippen LogP contribution in [-0.4, -0.2) is 38.3 Å². The van der Waals surface area contributed by atoms with Crippen molar-refractivity contribution in [3.05, 3.63) is 6.42 Å². The van der Waals surface area contributed by atoms with Crippen molar-refractivity contribution in [1.82, 2.24) is 4.90 Å². The maximum Gasteiger partial charge on any atom is 0.0642 e. The summed E-state index contributed by atoms with van der Waals surface area (Å²) in [6.45, 7) is 1.99. The molecule has 1 aliphatic rings. The zero-order valence-electron chi connectivity index (χ0n) is 6.13. The van der Waals surface area contributed by atoms with Crippen molar-refractivity contribution in [3.8, 4) is 0 Å². The van der Waals surface area contributed by atoms with Crippen molar-refractivity contribution >= 4 is 0 Å². The molecule has 0 N–H and O–H groups in total. The van der Waals surface area contributed by atoms with Gasteiger partial charge in [0.1, 0.15) is 0 Å². The molecule has 0 aromatic carbocycles. The van der Waals surface area contributed by atoms with Crippen molar-refractivity contribution in [1.29, 1.82) is 0 Å². The van der Waals surface area contributed by atoms with E-state index in [2.05, 4.69) is 25.4 Å². The van der Waals surface area contributed by atoms with Gasteiger partial charge in [0.05, 0.1) is 12.7 Å². The lowest BCUT2D eigenvalue weighted by molar-refractivity contribution is 0.000632. The third-order valence-corrected chi connectivity index (χ3v) is 1.53. The van der Waals surface area contributed by atoms with Gasteiger partial charge in [0.15, 0.2) is 0 Å². The van der Waals surface area contributed by atoms with E-state index < -0.39 is 0 Å². The second-order valence-electron chi connectivity index (χ2n) is 2.70. The van der Waals surface area contributed by atoms with Crippen LogP contribution in [0, 0.1) is 6.42 Å². The summed E-state index contributed by atoms with van der Waals surface area (Å²) in [4.78, 5) is 2.18. The molecule has 9 heavy (non-hydrogen) atoms. The van der Waals surface area contributed by atoms with Crippen LogP contribution in [0.3, 0.4) is 0 Å². The van der Waals surface area contributed by atoms with Crippen LogP contribution in [0.1, 0.15) is 6.42 Å². The van der Waals surface area contributed by atoms with E-state index in [1.807, 2.05) is 0 Å². The first kappa shape index (κ1) is 7.03. The number of hydrogen-bond acceptors (Lipinski definition) is 2. The minimum atomic E-state index is 0.451. The predicted octanol–water partition coefficient (Wildman–Crippen LogP) is 0.541. The average molecular weight is 128 g/mol. The van der Waals surface area contributed by atoms with Crippen LogP contribution in [0.4, 0.5) is 0 Å². The summed E-state index contributed by atoms with van der Waals surface area (Å²) >= 11 is 0. The van der Waals surface area contributed by atoms with Gasteiger partial charge >= 0.3 is 0 Å². The highest BCUT2D eigenvalue weighted by molar-refractivity contribution is 4.85. The molecule has 1 heterocycles. The minimum absolute atomic E-state index is 0.451. The SMILES string of the molecule is CN(C)CCC1[CH]CO1. The summed E-state index contributed by atoms with van der Waals surface area (Å²) in [5.41, 5.74) is 0. The standard InChI is InChI=1S/C7H14NO/c1-8(2)5-3-7-4-6-9-7/h4,7H,3,5-6H2,1-2H3. The Bertz CT molecular complexity index is 79.0. The number of nitrogens with zero attached hydrogens (tertiary/aromatic N) is 1. The topological polar surface area (TPSA) is 12.5 Å². The van der Waals surface area contributed by atoms with Gasteiger partial charge in [-0.3, -0.25) is 0 Å². The Morgan fingerprint density at radius 3 is 2.67 bits per heavy atom. The lowest BCUT2D eigenvalue weighted by atomic mass is 10.1. The van der Waals surface area contributed by atoms with Gasteiger partial charge in [0, 0.05) is 6.42 Å². The van der Waals surface area contributed by atoms with Crippen LogP contribution in [0.5, 0.6) is 0 Å². The van der Waals surface area contributed by atoms with E-state index in [0.717, 1.165) is 19.6 Å². The third kappa shape index (κ3) is 2.33. The van der Waals surface area contributed by atoms with E-state index in [1.54, 1.807) is 0 Å². The fourth-order valence-electron chi connectivity index (χ4n) is 0.819. The van der Waals surface area contributed by atoms with Crippen LogP contribution in [0.25, 0.3) is 0 Å². The molecule has 0 bridgehead atoms. The molecule has 1 atom stereocenters. The summed E-state index contributed by atoms with van der Waals surface area (Å²) in [7, 11) is 4.16. The number of hydrogen-bond donors (Lipinski definition) is 0. The van der Waals surface area contributed by atoms with Crippen LogP contribution >= 0.6 is 0 Å². The highest BCUT2D eigenvalue weighted by Crippen LogP contribution is 2.12. The Kier molecular flexibility index (Phi) is 2.49. The first-order valence-electron chi connectivity index (χ1n) is 3.38. The zero-order valence-corrected chi connectivity index (χ0v) is 6.13. The normalized spacial score (nSPS) is 26.3. The quantitative estimate of drug-likeness (QED) is 0.550. The van der Waals surface area contributed by atoms with Crippen LogP contribution in [0.15, 0.2) is 0 Å². The molecule has 0 saturated carbocycles. The second-order valence-corrected chi connectivity index (χ2v) is 2.70. The summed E-state index contributed by atoms with van der Waals surface area (Å²) in [6, 6.07) is 0. The summed E-state index contributed by atoms with van der Waals surface area (Å²) in [5.74, 6) is 0. The molecular formula is C7H14NO. The molecule has 53 valence electrons. The number of rotatable bonds is 3. The summed E-state index contributed by atoms with van der Waals surface area (Å²) < 4.78 is 5.20. The molecule has 1 saturated heterocycles. The van der Waals surface area contributed by atoms with Gasteiger partial charge < -0.3 is 9.64 Å². The van der Waals surface area contributed by atoms with Gasteiger partial charge in [-0.15, -0.1) is 0 Å². The van der Waals surface area contributed by atoms with E-state index in [9.17, 15) is 0 Å². The van der Waals surface area contributed by atoms with Crippen LogP contribution in [-0.2, 0) is 4.74 Å². The molecule has 0 aromatic rings. The molecule has 0 aromatic heterocycles. The Hall–Kier alpha value is -0.0800. The lowest BCUT2D eigenvalue weighted by Gasteiger charge is -2.26. The maximum absolute atomic E-state index is 5.20. The van der Waals surface area contributed by atoms with Crippen LogP contribution < -0.4 is 0 Å². The minimum Gasteiger partial charge on any atom is -0.377 e. The lowest BCUT2D eigenvalue weighted by Crippen LogP contribution is -2.31. The summed E-state index contributed by atoms with van der Waals surface area (Å²) in [5, 5.41) is 0. The molecule has 1 aliphatic heterocycles. The summed E-state index contributed by atoms with van der Waals surface area (Å²) in [6.07, 6.45) is 3.81. The fourth-order valence-corrected chi connectivity index (χ4v) is 0.819. The van der Waals surface area contributed by atoms with Crippen molar-refractivity contribution in [2.24, 2.45) is 0 Å². The molecule has 2 nitrogen and oxygen atoms in total. The first-order valence-corrected chi connectivity index (χ1v) is 3.38. The molecular weight excluding hydrogens is 114 g/mol. The van der Waals surface area contributed by atoms with Gasteiger partial charge in [-0.2, -0.15) is 0 Å². The molecule has 1 radical (unpaired) electrons. The highest BCUT2D eigenvalue weighted by Gasteiger charge is 2.17. The smallest absolute Gasteiger partial charge is 0.0642 e. The van der Waals surface area contributed by atoms with Gasteiger partial charge in [0.2, 0.25) is 0 Å². The molecule has 1 rings (SSSR count). The Labute approximate surface area is 56.8 Å². The van der Waals surface area contributed by atoms with E-state index in [4.69, 9.17) is 4.74 Å². The zero-order chi connectivity index (χ0) is 6.69. The Balaban J connectivity index is 1.91. The molecule has 0 aliphatic carbocycles. The van der Waals surface area contributed by atoms with Crippen LogP contribution in [0.2, 0.25) is 0 Å². The third-order valence-electron chi connectivity index (χ3n) is 1.53. The average Bonchev–Trinajstić information content (AvgIpc) is 1.60. The second kappa shape index (κ2) is 3.18. The van der Waals surface area contributed by atoms with E-state index in [0.29, 0.717) is 6.10 Å². The molecule has 0 amide bonds. The largest absolute Gasteiger partial charge is 0.377 e. The predicted molar refractivity (Wildman–Crippen MR) is 37.2 cm³/mol. The molecule has 0 spiro atoms. The van der Waals surface area contributed by atoms with Gasteiger partial charge in [0.25, 0.3) is 0 Å². The molecule has 2 heteroatoms. The van der Waals surface area contributed by atoms with Gasteiger partial charge in [-0.25, -0.2) is 0 Å². The van der Waals surface area contributed by atoms with Crippen molar-refractivity contribution in [2.75, 3.05) is 27.2 Å². The molecule has 1 unspecified atom stereocenters. The van der Waals surface area contributed by atoms with Crippen molar-refractivity contribution in [3.63, 3.8) is 0 Å².